The monoisotopic (exact) mass is 318 g/mol. The Bertz CT molecular complexity index is 600. The highest BCUT2D eigenvalue weighted by atomic mass is 32.1. The van der Waals surface area contributed by atoms with Crippen LogP contribution >= 0.6 is 11.3 Å². The van der Waals surface area contributed by atoms with Gasteiger partial charge in [-0.3, -0.25) is 0 Å². The summed E-state index contributed by atoms with van der Waals surface area (Å²) in [5.74, 6) is 0.246. The van der Waals surface area contributed by atoms with Crippen molar-refractivity contribution >= 4 is 22.4 Å². The fraction of sp³-hybridized carbons (Fsp3) is 0.455. The molecule has 0 aliphatic carbocycles. The molecule has 0 radical (unpaired) electrons. The fourth-order valence-corrected chi connectivity index (χ4v) is 2.16. The van der Waals surface area contributed by atoms with E-state index in [-0.39, 0.29) is 18.4 Å². The number of anilines is 2. The molecule has 0 amide bonds. The summed E-state index contributed by atoms with van der Waals surface area (Å²) in [6, 6.07) is 1.22. The van der Waals surface area contributed by atoms with Crippen molar-refractivity contribution in [3.63, 3.8) is 0 Å². The van der Waals surface area contributed by atoms with Crippen molar-refractivity contribution < 1.29 is 13.2 Å². The molecule has 6 nitrogen and oxygen atoms in total. The number of halogens is 3. The van der Waals surface area contributed by atoms with E-state index in [4.69, 9.17) is 5.73 Å². The second-order valence-electron chi connectivity index (χ2n) is 4.33. The predicted molar refractivity (Wildman–Crippen MR) is 72.8 cm³/mol. The molecule has 114 valence electrons. The molecule has 0 aliphatic heterocycles. The molecule has 0 aromatic carbocycles. The zero-order valence-corrected chi connectivity index (χ0v) is 11.9. The van der Waals surface area contributed by atoms with Crippen molar-refractivity contribution in [2.45, 2.75) is 32.0 Å². The SMILES string of the molecule is CC(Nc1nccc(CCC(F)(F)F)n1)c1nnc(N)s1. The smallest absolute Gasteiger partial charge is 0.374 e. The van der Waals surface area contributed by atoms with Crippen LogP contribution in [0.3, 0.4) is 0 Å². The Hall–Kier alpha value is -1.97. The molecule has 0 spiro atoms. The van der Waals surface area contributed by atoms with Gasteiger partial charge in [0.2, 0.25) is 11.1 Å². The summed E-state index contributed by atoms with van der Waals surface area (Å²) in [5, 5.41) is 11.5. The quantitative estimate of drug-likeness (QED) is 0.880. The highest BCUT2D eigenvalue weighted by Gasteiger charge is 2.26. The van der Waals surface area contributed by atoms with E-state index in [0.717, 1.165) is 0 Å². The third-order valence-corrected chi connectivity index (χ3v) is 3.49. The number of aromatic nitrogens is 4. The molecule has 10 heteroatoms. The Morgan fingerprint density at radius 1 is 1.38 bits per heavy atom. The number of alkyl halides is 3. The van der Waals surface area contributed by atoms with E-state index in [2.05, 4.69) is 25.5 Å². The van der Waals surface area contributed by atoms with Crippen LogP contribution in [0.15, 0.2) is 12.3 Å². The molecule has 1 atom stereocenters. The first kappa shape index (κ1) is 15.4. The number of hydrogen-bond donors (Lipinski definition) is 2. The maximum absolute atomic E-state index is 12.2. The summed E-state index contributed by atoms with van der Waals surface area (Å²) in [6.45, 7) is 1.81. The van der Waals surface area contributed by atoms with E-state index in [1.54, 1.807) is 0 Å². The maximum Gasteiger partial charge on any atom is 0.389 e. The van der Waals surface area contributed by atoms with Crippen molar-refractivity contribution in [2.24, 2.45) is 0 Å². The van der Waals surface area contributed by atoms with Gasteiger partial charge in [-0.15, -0.1) is 10.2 Å². The van der Waals surface area contributed by atoms with Crippen molar-refractivity contribution in [3.8, 4) is 0 Å². The molecule has 2 rings (SSSR count). The number of rotatable bonds is 5. The summed E-state index contributed by atoms with van der Waals surface area (Å²) in [5.41, 5.74) is 5.82. The number of nitrogens with zero attached hydrogens (tertiary/aromatic N) is 4. The van der Waals surface area contributed by atoms with E-state index >= 15 is 0 Å². The standard InChI is InChI=1S/C11H13F3N6S/c1-6(8-19-20-9(15)21-8)17-10-16-5-3-7(18-10)2-4-11(12,13)14/h3,5-6H,2,4H2,1H3,(H2,15,20)(H,16,17,18). The summed E-state index contributed by atoms with van der Waals surface area (Å²) >= 11 is 1.22. The second kappa shape index (κ2) is 6.20. The molecule has 2 heterocycles. The molecule has 0 fully saturated rings. The largest absolute Gasteiger partial charge is 0.389 e. The lowest BCUT2D eigenvalue weighted by Crippen LogP contribution is -2.12. The summed E-state index contributed by atoms with van der Waals surface area (Å²) in [6.07, 6.45) is -3.87. The van der Waals surface area contributed by atoms with Gasteiger partial charge in [-0.25, -0.2) is 9.97 Å². The average molecular weight is 318 g/mol. The van der Waals surface area contributed by atoms with Gasteiger partial charge in [0.25, 0.3) is 0 Å². The van der Waals surface area contributed by atoms with Gasteiger partial charge in [-0.2, -0.15) is 13.2 Å². The van der Waals surface area contributed by atoms with E-state index < -0.39 is 12.6 Å². The number of aryl methyl sites for hydroxylation is 1. The van der Waals surface area contributed by atoms with Crippen LogP contribution in [0.25, 0.3) is 0 Å². The first-order valence-corrected chi connectivity index (χ1v) is 6.89. The van der Waals surface area contributed by atoms with Crippen LogP contribution in [-0.2, 0) is 6.42 Å². The minimum absolute atomic E-state index is 0.180. The zero-order chi connectivity index (χ0) is 15.5. The van der Waals surface area contributed by atoms with E-state index in [1.165, 1.54) is 23.6 Å². The maximum atomic E-state index is 12.2. The van der Waals surface area contributed by atoms with Crippen molar-refractivity contribution in [1.29, 1.82) is 0 Å². The lowest BCUT2D eigenvalue weighted by Gasteiger charge is -2.11. The van der Waals surface area contributed by atoms with Crippen LogP contribution in [0.5, 0.6) is 0 Å². The van der Waals surface area contributed by atoms with E-state index in [9.17, 15) is 13.2 Å². The normalized spacial score (nSPS) is 13.1. The van der Waals surface area contributed by atoms with Gasteiger partial charge in [-0.1, -0.05) is 11.3 Å². The van der Waals surface area contributed by atoms with Gasteiger partial charge in [0.05, 0.1) is 6.04 Å². The Kier molecular flexibility index (Phi) is 4.56. The molecule has 3 N–H and O–H groups in total. The molecular formula is C11H13F3N6S. The number of nitrogen functional groups attached to an aromatic ring is 1. The molecule has 0 saturated heterocycles. The van der Waals surface area contributed by atoms with Crippen molar-refractivity contribution in [2.75, 3.05) is 11.1 Å². The van der Waals surface area contributed by atoms with Gasteiger partial charge in [0.15, 0.2) is 0 Å². The molecule has 2 aromatic rings. The van der Waals surface area contributed by atoms with E-state index in [0.29, 0.717) is 15.8 Å². The van der Waals surface area contributed by atoms with Gasteiger partial charge in [0, 0.05) is 18.3 Å². The lowest BCUT2D eigenvalue weighted by molar-refractivity contribution is -0.134. The molecular weight excluding hydrogens is 305 g/mol. The Morgan fingerprint density at radius 3 is 2.76 bits per heavy atom. The molecule has 21 heavy (non-hydrogen) atoms. The third kappa shape index (κ3) is 4.81. The summed E-state index contributed by atoms with van der Waals surface area (Å²) in [4.78, 5) is 8.03. The predicted octanol–water partition coefficient (Wildman–Crippen LogP) is 2.58. The Labute approximate surface area is 122 Å². The highest BCUT2D eigenvalue weighted by molar-refractivity contribution is 7.15. The summed E-state index contributed by atoms with van der Waals surface area (Å²) in [7, 11) is 0. The van der Waals surface area contributed by atoms with Gasteiger partial charge >= 0.3 is 6.18 Å². The molecule has 2 aromatic heterocycles. The van der Waals surface area contributed by atoms with E-state index in [1.807, 2.05) is 6.92 Å². The van der Waals surface area contributed by atoms with Crippen molar-refractivity contribution in [1.82, 2.24) is 20.2 Å². The summed E-state index contributed by atoms with van der Waals surface area (Å²) < 4.78 is 36.6. The average Bonchev–Trinajstić information content (AvgIpc) is 2.83. The van der Waals surface area contributed by atoms with Crippen LogP contribution in [0.2, 0.25) is 0 Å². The van der Waals surface area contributed by atoms with Crippen LogP contribution in [-0.4, -0.2) is 26.3 Å². The van der Waals surface area contributed by atoms with Gasteiger partial charge in [0.1, 0.15) is 5.01 Å². The van der Waals surface area contributed by atoms with Gasteiger partial charge < -0.3 is 11.1 Å². The highest BCUT2D eigenvalue weighted by Crippen LogP contribution is 2.23. The number of nitrogens with one attached hydrogen (secondary N) is 1. The van der Waals surface area contributed by atoms with Gasteiger partial charge in [-0.05, 0) is 19.4 Å². The topological polar surface area (TPSA) is 89.6 Å². The molecule has 1 unspecified atom stereocenters. The minimum atomic E-state index is -4.20. The molecule has 0 aliphatic rings. The van der Waals surface area contributed by atoms with Crippen LogP contribution in [0, 0.1) is 0 Å². The number of hydrogen-bond acceptors (Lipinski definition) is 7. The van der Waals surface area contributed by atoms with Crippen LogP contribution in [0.1, 0.15) is 30.1 Å². The Balaban J connectivity index is 2.00. The minimum Gasteiger partial charge on any atom is -0.374 e. The molecule has 0 saturated carbocycles. The first-order valence-electron chi connectivity index (χ1n) is 6.07. The molecule has 0 bridgehead atoms. The van der Waals surface area contributed by atoms with Crippen LogP contribution in [0.4, 0.5) is 24.3 Å². The first-order chi connectivity index (χ1) is 9.83. The fourth-order valence-electron chi connectivity index (χ4n) is 1.55. The second-order valence-corrected chi connectivity index (χ2v) is 5.37. The Morgan fingerprint density at radius 2 is 2.14 bits per heavy atom. The van der Waals surface area contributed by atoms with Crippen molar-refractivity contribution in [3.05, 3.63) is 23.0 Å². The zero-order valence-electron chi connectivity index (χ0n) is 11.1. The van der Waals surface area contributed by atoms with Crippen LogP contribution < -0.4 is 11.1 Å². The lowest BCUT2D eigenvalue weighted by atomic mass is 10.2. The number of nitrogens with two attached hydrogens (primary N) is 1. The third-order valence-electron chi connectivity index (χ3n) is 2.55.